The van der Waals surface area contributed by atoms with Crippen molar-refractivity contribution in [1.29, 1.82) is 0 Å². The summed E-state index contributed by atoms with van der Waals surface area (Å²) in [7, 11) is 1.98. The van der Waals surface area contributed by atoms with Crippen LogP contribution in [0.25, 0.3) is 16.9 Å². The fourth-order valence-corrected chi connectivity index (χ4v) is 4.06. The zero-order valence-corrected chi connectivity index (χ0v) is 18.5. The highest BCUT2D eigenvalue weighted by Gasteiger charge is 2.24. The standard InChI is InChI=1S/C23H30BN5O2/c1-15(2)7-8-22(31)28-11-9-16(10-12-28)26-21-13-19(17-5-3-4-6-20(17)30)27-23-18(24)14-25-29(21)23/h3-6,13-16,26,30H,7-12,24H2,1-2H3. The zero-order valence-electron chi connectivity index (χ0n) is 18.5. The first-order chi connectivity index (χ1) is 14.9. The van der Waals surface area contributed by atoms with Crippen molar-refractivity contribution < 1.29 is 9.90 Å². The molecule has 0 radical (unpaired) electrons. The highest BCUT2D eigenvalue weighted by molar-refractivity contribution is 6.36. The number of rotatable bonds is 6. The average molecular weight is 419 g/mol. The van der Waals surface area contributed by atoms with Crippen LogP contribution in [0.4, 0.5) is 5.82 Å². The van der Waals surface area contributed by atoms with Crippen LogP contribution in [-0.2, 0) is 4.79 Å². The molecule has 1 aliphatic heterocycles. The molecule has 7 nitrogen and oxygen atoms in total. The van der Waals surface area contributed by atoms with Crippen molar-refractivity contribution in [3.63, 3.8) is 0 Å². The number of hydrogen-bond acceptors (Lipinski definition) is 5. The van der Waals surface area contributed by atoms with E-state index < -0.39 is 0 Å². The number of nitrogens with zero attached hydrogens (tertiary/aromatic N) is 4. The van der Waals surface area contributed by atoms with Gasteiger partial charge in [0, 0.05) is 43.4 Å². The predicted molar refractivity (Wildman–Crippen MR) is 126 cm³/mol. The highest BCUT2D eigenvalue weighted by atomic mass is 16.3. The van der Waals surface area contributed by atoms with Gasteiger partial charge in [0.2, 0.25) is 5.91 Å². The molecular formula is C23H30BN5O2. The summed E-state index contributed by atoms with van der Waals surface area (Å²) in [5.74, 6) is 1.87. The van der Waals surface area contributed by atoms with Gasteiger partial charge in [0.05, 0.1) is 5.69 Å². The van der Waals surface area contributed by atoms with E-state index in [4.69, 9.17) is 4.98 Å². The molecular weight excluding hydrogens is 389 g/mol. The highest BCUT2D eigenvalue weighted by Crippen LogP contribution is 2.29. The van der Waals surface area contributed by atoms with E-state index in [9.17, 15) is 9.90 Å². The van der Waals surface area contributed by atoms with Crippen LogP contribution in [0.3, 0.4) is 0 Å². The molecule has 0 aliphatic carbocycles. The van der Waals surface area contributed by atoms with Gasteiger partial charge < -0.3 is 15.3 Å². The molecule has 3 aromatic rings. The summed E-state index contributed by atoms with van der Waals surface area (Å²) in [5.41, 5.74) is 3.15. The number of hydrogen-bond donors (Lipinski definition) is 2. The van der Waals surface area contributed by atoms with Gasteiger partial charge in [-0.15, -0.1) is 0 Å². The zero-order chi connectivity index (χ0) is 22.0. The first-order valence-electron chi connectivity index (χ1n) is 11.1. The Morgan fingerprint density at radius 3 is 2.74 bits per heavy atom. The Hall–Kier alpha value is -3.03. The average Bonchev–Trinajstić information content (AvgIpc) is 3.14. The number of carbonyl (C=O) groups is 1. The van der Waals surface area contributed by atoms with Crippen LogP contribution in [0.2, 0.25) is 0 Å². The largest absolute Gasteiger partial charge is 0.507 e. The third-order valence-corrected chi connectivity index (χ3v) is 5.96. The van der Waals surface area contributed by atoms with Crippen molar-refractivity contribution in [2.75, 3.05) is 18.4 Å². The molecule has 2 aromatic heterocycles. The molecule has 31 heavy (non-hydrogen) atoms. The van der Waals surface area contributed by atoms with Crippen LogP contribution in [0, 0.1) is 5.92 Å². The molecule has 3 heterocycles. The molecule has 1 aliphatic rings. The Morgan fingerprint density at radius 2 is 2.03 bits per heavy atom. The molecule has 0 saturated carbocycles. The lowest BCUT2D eigenvalue weighted by Crippen LogP contribution is -2.42. The maximum absolute atomic E-state index is 12.4. The third-order valence-electron chi connectivity index (χ3n) is 5.96. The Kier molecular flexibility index (Phi) is 6.16. The lowest BCUT2D eigenvalue weighted by molar-refractivity contribution is -0.132. The maximum Gasteiger partial charge on any atom is 0.222 e. The number of likely N-dealkylation sites (tertiary alicyclic amines) is 1. The smallest absolute Gasteiger partial charge is 0.222 e. The van der Waals surface area contributed by atoms with E-state index in [1.807, 2.05) is 35.5 Å². The van der Waals surface area contributed by atoms with Crippen molar-refractivity contribution >= 4 is 30.7 Å². The van der Waals surface area contributed by atoms with Crippen molar-refractivity contribution in [3.8, 4) is 17.0 Å². The van der Waals surface area contributed by atoms with Crippen LogP contribution in [0.1, 0.15) is 39.5 Å². The Labute approximate surface area is 183 Å². The predicted octanol–water partition coefficient (Wildman–Crippen LogP) is 2.20. The first kappa shape index (κ1) is 21.2. The summed E-state index contributed by atoms with van der Waals surface area (Å²) >= 11 is 0. The summed E-state index contributed by atoms with van der Waals surface area (Å²) in [5, 5.41) is 18.4. The topological polar surface area (TPSA) is 82.8 Å². The van der Waals surface area contributed by atoms with Crippen LogP contribution in [0.5, 0.6) is 5.75 Å². The second-order valence-electron chi connectivity index (χ2n) is 8.84. The van der Waals surface area contributed by atoms with Gasteiger partial charge in [-0.3, -0.25) is 4.79 Å². The summed E-state index contributed by atoms with van der Waals surface area (Å²) in [6.45, 7) is 5.85. The van der Waals surface area contributed by atoms with Crippen LogP contribution in [0.15, 0.2) is 36.5 Å². The molecule has 0 atom stereocenters. The molecule has 1 saturated heterocycles. The molecule has 1 aromatic carbocycles. The van der Waals surface area contributed by atoms with Gasteiger partial charge in [-0.05, 0) is 42.8 Å². The van der Waals surface area contributed by atoms with Crippen LogP contribution >= 0.6 is 0 Å². The summed E-state index contributed by atoms with van der Waals surface area (Å²) in [4.78, 5) is 19.2. The number of aromatic hydroxyl groups is 1. The van der Waals surface area contributed by atoms with Gasteiger partial charge >= 0.3 is 0 Å². The Balaban J connectivity index is 1.51. The number of anilines is 1. The third kappa shape index (κ3) is 4.68. The van der Waals surface area contributed by atoms with Crippen LogP contribution in [-0.4, -0.2) is 57.5 Å². The number of amides is 1. The van der Waals surface area contributed by atoms with Crippen molar-refractivity contribution in [3.05, 3.63) is 36.5 Å². The number of piperidine rings is 1. The fourth-order valence-electron chi connectivity index (χ4n) is 4.06. The van der Waals surface area contributed by atoms with E-state index in [1.165, 1.54) is 0 Å². The van der Waals surface area contributed by atoms with E-state index in [0.29, 0.717) is 23.6 Å². The fraction of sp³-hybridized carbons (Fsp3) is 0.435. The molecule has 1 fully saturated rings. The van der Waals surface area contributed by atoms with Gasteiger partial charge in [-0.2, -0.15) is 9.61 Å². The summed E-state index contributed by atoms with van der Waals surface area (Å²) < 4.78 is 1.82. The lowest BCUT2D eigenvalue weighted by atomic mass is 10.0. The number of carbonyl (C=O) groups excluding carboxylic acids is 1. The quantitative estimate of drug-likeness (QED) is 0.599. The first-order valence-corrected chi connectivity index (χ1v) is 11.1. The number of aromatic nitrogens is 3. The van der Waals surface area contributed by atoms with E-state index in [-0.39, 0.29) is 17.7 Å². The number of nitrogens with one attached hydrogen (secondary N) is 1. The van der Waals surface area contributed by atoms with Gasteiger partial charge in [-0.25, -0.2) is 4.98 Å². The van der Waals surface area contributed by atoms with Gasteiger partial charge in [0.25, 0.3) is 0 Å². The Bertz CT molecular complexity index is 1070. The summed E-state index contributed by atoms with van der Waals surface area (Å²) in [6, 6.07) is 9.42. The van der Waals surface area contributed by atoms with E-state index in [2.05, 4.69) is 24.3 Å². The van der Waals surface area contributed by atoms with E-state index >= 15 is 0 Å². The molecule has 4 rings (SSSR count). The second kappa shape index (κ2) is 9.00. The molecule has 162 valence electrons. The SMILES string of the molecule is Bc1cnn2c(NC3CCN(C(=O)CCC(C)C)CC3)cc(-c3ccccc3O)nc12. The molecule has 0 unspecified atom stereocenters. The maximum atomic E-state index is 12.4. The number of phenols is 1. The minimum absolute atomic E-state index is 0.204. The summed E-state index contributed by atoms with van der Waals surface area (Å²) in [6.07, 6.45) is 5.17. The van der Waals surface area contributed by atoms with E-state index in [1.54, 1.807) is 18.3 Å². The van der Waals surface area contributed by atoms with Gasteiger partial charge in [0.15, 0.2) is 5.65 Å². The van der Waals surface area contributed by atoms with E-state index in [0.717, 1.165) is 49.3 Å². The number of para-hydroxylation sites is 1. The number of benzene rings is 1. The number of fused-ring (bicyclic) bond motifs is 1. The van der Waals surface area contributed by atoms with Crippen LogP contribution < -0.4 is 10.8 Å². The molecule has 8 heteroatoms. The normalized spacial score (nSPS) is 15.0. The van der Waals surface area contributed by atoms with Crippen molar-refractivity contribution in [2.45, 2.75) is 45.6 Å². The lowest BCUT2D eigenvalue weighted by Gasteiger charge is -2.33. The minimum Gasteiger partial charge on any atom is -0.507 e. The van der Waals surface area contributed by atoms with Gasteiger partial charge in [-0.1, -0.05) is 26.0 Å². The van der Waals surface area contributed by atoms with Gasteiger partial charge in [0.1, 0.15) is 19.4 Å². The molecule has 2 N–H and O–H groups in total. The minimum atomic E-state index is 0.204. The monoisotopic (exact) mass is 419 g/mol. The molecule has 0 spiro atoms. The van der Waals surface area contributed by atoms with Crippen molar-refractivity contribution in [2.24, 2.45) is 5.92 Å². The molecule has 1 amide bonds. The Morgan fingerprint density at radius 1 is 1.29 bits per heavy atom. The number of phenolic OH excluding ortho intramolecular Hbond substituents is 1. The molecule has 0 bridgehead atoms. The second-order valence-corrected chi connectivity index (χ2v) is 8.84. The van der Waals surface area contributed by atoms with Crippen molar-refractivity contribution in [1.82, 2.24) is 19.5 Å².